The van der Waals surface area contributed by atoms with E-state index in [1.54, 1.807) is 14.2 Å². The summed E-state index contributed by atoms with van der Waals surface area (Å²) in [6, 6.07) is 10.2. The molecule has 1 heterocycles. The third-order valence-electron chi connectivity index (χ3n) is 3.94. The highest BCUT2D eigenvalue weighted by molar-refractivity contribution is 5.52. The van der Waals surface area contributed by atoms with Crippen molar-refractivity contribution < 1.29 is 9.57 Å². The molecule has 104 valence electrons. The number of hydrogen-bond donors (Lipinski definition) is 0. The molecule has 0 saturated carbocycles. The van der Waals surface area contributed by atoms with E-state index in [1.807, 2.05) is 23.3 Å². The van der Waals surface area contributed by atoms with E-state index < -0.39 is 5.72 Å². The summed E-state index contributed by atoms with van der Waals surface area (Å²) >= 11 is 0. The van der Waals surface area contributed by atoms with Crippen LogP contribution in [0.25, 0.3) is 0 Å². The summed E-state index contributed by atoms with van der Waals surface area (Å²) in [5.41, 5.74) is 2.78. The SMILES string of the molecule is CON1CC=C2C=CCC=C2C1(OC)c1ccccc1. The van der Waals surface area contributed by atoms with Crippen LogP contribution in [-0.4, -0.2) is 25.8 Å². The monoisotopic (exact) mass is 269 g/mol. The van der Waals surface area contributed by atoms with Crippen molar-refractivity contribution in [3.8, 4) is 0 Å². The molecule has 3 nitrogen and oxygen atoms in total. The highest BCUT2D eigenvalue weighted by Crippen LogP contribution is 2.44. The maximum absolute atomic E-state index is 6.00. The molecule has 1 unspecified atom stereocenters. The molecule has 0 N–H and O–H groups in total. The van der Waals surface area contributed by atoms with Crippen LogP contribution in [0.1, 0.15) is 12.0 Å². The summed E-state index contributed by atoms with van der Waals surface area (Å²) in [5.74, 6) is 0. The molecule has 1 atom stereocenters. The average molecular weight is 269 g/mol. The summed E-state index contributed by atoms with van der Waals surface area (Å²) in [7, 11) is 3.43. The van der Waals surface area contributed by atoms with Gasteiger partial charge in [-0.1, -0.05) is 54.6 Å². The van der Waals surface area contributed by atoms with Crippen LogP contribution in [-0.2, 0) is 15.3 Å². The van der Waals surface area contributed by atoms with Crippen molar-refractivity contribution in [3.63, 3.8) is 0 Å². The van der Waals surface area contributed by atoms with Crippen LogP contribution < -0.4 is 0 Å². The van der Waals surface area contributed by atoms with Gasteiger partial charge in [0.15, 0.2) is 5.72 Å². The second-order valence-electron chi connectivity index (χ2n) is 4.87. The molecule has 20 heavy (non-hydrogen) atoms. The number of ether oxygens (including phenoxy) is 1. The second kappa shape index (κ2) is 5.37. The Morgan fingerprint density at radius 3 is 2.60 bits per heavy atom. The number of benzene rings is 1. The molecule has 1 aliphatic carbocycles. The van der Waals surface area contributed by atoms with Crippen molar-refractivity contribution in [1.29, 1.82) is 0 Å². The van der Waals surface area contributed by atoms with Gasteiger partial charge in [-0.2, -0.15) is 0 Å². The largest absolute Gasteiger partial charge is 0.353 e. The van der Waals surface area contributed by atoms with E-state index in [9.17, 15) is 0 Å². The minimum Gasteiger partial charge on any atom is -0.353 e. The van der Waals surface area contributed by atoms with Gasteiger partial charge >= 0.3 is 0 Å². The lowest BCUT2D eigenvalue weighted by molar-refractivity contribution is -0.276. The predicted octanol–water partition coefficient (Wildman–Crippen LogP) is 3.18. The summed E-state index contributed by atoms with van der Waals surface area (Å²) in [4.78, 5) is 5.60. The Bertz CT molecular complexity index is 574. The summed E-state index contributed by atoms with van der Waals surface area (Å²) < 4.78 is 6.00. The maximum atomic E-state index is 6.00. The number of rotatable bonds is 3. The van der Waals surface area contributed by atoms with Crippen LogP contribution in [0, 0.1) is 0 Å². The Morgan fingerprint density at radius 2 is 1.90 bits per heavy atom. The van der Waals surface area contributed by atoms with E-state index >= 15 is 0 Å². The lowest BCUT2D eigenvalue weighted by Crippen LogP contribution is -2.51. The van der Waals surface area contributed by atoms with Crippen LogP contribution in [0.2, 0.25) is 0 Å². The predicted molar refractivity (Wildman–Crippen MR) is 78.8 cm³/mol. The summed E-state index contributed by atoms with van der Waals surface area (Å²) in [5, 5.41) is 1.89. The third kappa shape index (κ3) is 1.86. The van der Waals surface area contributed by atoms with Crippen molar-refractivity contribution in [2.45, 2.75) is 12.1 Å². The zero-order chi connectivity index (χ0) is 14.0. The summed E-state index contributed by atoms with van der Waals surface area (Å²) in [6.07, 6.45) is 9.64. The molecular weight excluding hydrogens is 250 g/mol. The van der Waals surface area contributed by atoms with Crippen LogP contribution in [0.5, 0.6) is 0 Å². The summed E-state index contributed by atoms with van der Waals surface area (Å²) in [6.45, 7) is 0.691. The maximum Gasteiger partial charge on any atom is 0.195 e. The van der Waals surface area contributed by atoms with Crippen LogP contribution in [0.4, 0.5) is 0 Å². The van der Waals surface area contributed by atoms with E-state index in [-0.39, 0.29) is 0 Å². The van der Waals surface area contributed by atoms with E-state index in [4.69, 9.17) is 9.57 Å². The van der Waals surface area contributed by atoms with Crippen LogP contribution >= 0.6 is 0 Å². The van der Waals surface area contributed by atoms with E-state index in [2.05, 4.69) is 36.4 Å². The van der Waals surface area contributed by atoms with Gasteiger partial charge in [-0.3, -0.25) is 4.84 Å². The van der Waals surface area contributed by atoms with E-state index in [1.165, 1.54) is 5.57 Å². The third-order valence-corrected chi connectivity index (χ3v) is 3.94. The highest BCUT2D eigenvalue weighted by Gasteiger charge is 2.46. The van der Waals surface area contributed by atoms with Gasteiger partial charge in [0.25, 0.3) is 0 Å². The van der Waals surface area contributed by atoms with Gasteiger partial charge < -0.3 is 4.74 Å². The molecule has 0 aromatic heterocycles. The van der Waals surface area contributed by atoms with Crippen LogP contribution in [0.15, 0.2) is 65.8 Å². The number of hydrogen-bond acceptors (Lipinski definition) is 3. The first-order valence-corrected chi connectivity index (χ1v) is 6.83. The van der Waals surface area contributed by atoms with Crippen molar-refractivity contribution in [3.05, 3.63) is 71.3 Å². The molecule has 2 aliphatic rings. The van der Waals surface area contributed by atoms with Gasteiger partial charge in [-0.15, -0.1) is 5.06 Å². The fourth-order valence-corrected chi connectivity index (χ4v) is 3.04. The quantitative estimate of drug-likeness (QED) is 0.841. The molecule has 3 rings (SSSR count). The number of nitrogens with zero attached hydrogens (tertiary/aromatic N) is 1. The van der Waals surface area contributed by atoms with Gasteiger partial charge in [-0.25, -0.2) is 0 Å². The molecule has 0 amide bonds. The fourth-order valence-electron chi connectivity index (χ4n) is 3.04. The molecule has 3 heteroatoms. The van der Waals surface area contributed by atoms with Gasteiger partial charge in [0.2, 0.25) is 0 Å². The Kier molecular flexibility index (Phi) is 3.57. The zero-order valence-electron chi connectivity index (χ0n) is 11.9. The first-order chi connectivity index (χ1) is 9.82. The first-order valence-electron chi connectivity index (χ1n) is 6.83. The molecular formula is C17H19NO2. The van der Waals surface area contributed by atoms with Gasteiger partial charge in [0.1, 0.15) is 0 Å². The van der Waals surface area contributed by atoms with Crippen molar-refractivity contribution in [2.75, 3.05) is 20.8 Å². The molecule has 1 aromatic carbocycles. The Labute approximate surface area is 119 Å². The highest BCUT2D eigenvalue weighted by atomic mass is 16.7. The number of allylic oxidation sites excluding steroid dienone is 3. The number of fused-ring (bicyclic) bond motifs is 1. The zero-order valence-corrected chi connectivity index (χ0v) is 11.9. The standard InChI is InChI=1S/C17H19NO2/c1-19-17(15-9-4-3-5-10-15)16-11-7-6-8-14(16)12-13-18(17)20-2/h3-6,8-12H,7,13H2,1-2H3. The van der Waals surface area contributed by atoms with Gasteiger partial charge in [0.05, 0.1) is 7.11 Å². The fraction of sp³-hybridized carbons (Fsp3) is 0.294. The van der Waals surface area contributed by atoms with Crippen molar-refractivity contribution >= 4 is 0 Å². The first kappa shape index (κ1) is 13.3. The Balaban J connectivity index is 2.19. The molecule has 0 radical (unpaired) electrons. The second-order valence-corrected chi connectivity index (χ2v) is 4.87. The Hall–Kier alpha value is -1.68. The van der Waals surface area contributed by atoms with Crippen LogP contribution in [0.3, 0.4) is 0 Å². The van der Waals surface area contributed by atoms with Crippen molar-refractivity contribution in [2.24, 2.45) is 0 Å². The number of methoxy groups -OCH3 is 1. The lowest BCUT2D eigenvalue weighted by Gasteiger charge is -2.46. The molecule has 0 saturated heterocycles. The van der Waals surface area contributed by atoms with E-state index in [0.717, 1.165) is 17.6 Å². The minimum atomic E-state index is -0.676. The van der Waals surface area contributed by atoms with E-state index in [0.29, 0.717) is 6.54 Å². The smallest absolute Gasteiger partial charge is 0.195 e. The topological polar surface area (TPSA) is 21.7 Å². The molecule has 1 aliphatic heterocycles. The molecule has 1 aromatic rings. The number of hydroxylamine groups is 2. The van der Waals surface area contributed by atoms with Gasteiger partial charge in [-0.05, 0) is 12.0 Å². The molecule has 0 bridgehead atoms. The Morgan fingerprint density at radius 1 is 1.10 bits per heavy atom. The normalized spacial score (nSPS) is 25.9. The van der Waals surface area contributed by atoms with Crippen molar-refractivity contribution in [1.82, 2.24) is 5.06 Å². The average Bonchev–Trinajstić information content (AvgIpc) is 2.54. The molecule has 0 spiro atoms. The lowest BCUT2D eigenvalue weighted by atomic mass is 9.83. The minimum absolute atomic E-state index is 0.676. The van der Waals surface area contributed by atoms with Gasteiger partial charge in [0, 0.05) is 24.8 Å². The molecule has 0 fully saturated rings.